The van der Waals surface area contributed by atoms with Gasteiger partial charge in [-0.05, 0) is 61.7 Å². The van der Waals surface area contributed by atoms with Crippen LogP contribution < -0.4 is 10.9 Å². The van der Waals surface area contributed by atoms with Crippen LogP contribution in [0.5, 0.6) is 0 Å². The van der Waals surface area contributed by atoms with Crippen molar-refractivity contribution in [1.82, 2.24) is 20.1 Å². The van der Waals surface area contributed by atoms with Gasteiger partial charge in [0.1, 0.15) is 0 Å². The summed E-state index contributed by atoms with van der Waals surface area (Å²) in [7, 11) is 0. The van der Waals surface area contributed by atoms with Gasteiger partial charge in [0.05, 0.1) is 22.1 Å². The number of aromatic amines is 1. The molecule has 0 aliphatic rings. The molecule has 6 nitrogen and oxygen atoms in total. The van der Waals surface area contributed by atoms with Gasteiger partial charge in [-0.15, -0.1) is 0 Å². The maximum Gasteiger partial charge on any atom is 0.280 e. The van der Waals surface area contributed by atoms with Gasteiger partial charge >= 0.3 is 0 Å². The highest BCUT2D eigenvalue weighted by Gasteiger charge is 2.14. The molecule has 2 heterocycles. The van der Waals surface area contributed by atoms with Crippen molar-refractivity contribution in [3.05, 3.63) is 69.6 Å². The number of aryl methyl sites for hydroxylation is 2. The van der Waals surface area contributed by atoms with Crippen molar-refractivity contribution in [3.63, 3.8) is 0 Å². The highest BCUT2D eigenvalue weighted by atomic mass is 16.1. The highest BCUT2D eigenvalue weighted by Crippen LogP contribution is 2.23. The Balaban J connectivity index is 1.90. The second-order valence-corrected chi connectivity index (χ2v) is 7.06. The highest BCUT2D eigenvalue weighted by molar-refractivity contribution is 6.06. The van der Waals surface area contributed by atoms with Crippen LogP contribution in [-0.2, 0) is 0 Å². The minimum Gasteiger partial charge on any atom is -0.352 e. The molecule has 2 N–H and O–H groups in total. The number of benzene rings is 2. The van der Waals surface area contributed by atoms with Crippen LogP contribution in [-0.4, -0.2) is 27.2 Å². The summed E-state index contributed by atoms with van der Waals surface area (Å²) in [6.45, 7) is 6.69. The molecule has 0 aliphatic carbocycles. The molecule has 0 unspecified atom stereocenters. The molecule has 0 saturated carbocycles. The summed E-state index contributed by atoms with van der Waals surface area (Å²) in [5.74, 6) is -0.128. The molecular formula is C22H22N4O2. The number of aromatic nitrogens is 3. The quantitative estimate of drug-likeness (QED) is 0.572. The van der Waals surface area contributed by atoms with Gasteiger partial charge in [-0.1, -0.05) is 13.0 Å². The lowest BCUT2D eigenvalue weighted by atomic mass is 10.1. The first-order chi connectivity index (χ1) is 13.5. The number of fused-ring (bicyclic) bond motifs is 3. The van der Waals surface area contributed by atoms with Crippen LogP contribution in [0.2, 0.25) is 0 Å². The van der Waals surface area contributed by atoms with Gasteiger partial charge in [0, 0.05) is 23.7 Å². The Bertz CT molecular complexity index is 1270. The van der Waals surface area contributed by atoms with Gasteiger partial charge in [-0.25, -0.2) is 4.68 Å². The Labute approximate surface area is 162 Å². The maximum atomic E-state index is 12.9. The van der Waals surface area contributed by atoms with Gasteiger partial charge in [-0.3, -0.25) is 19.7 Å². The van der Waals surface area contributed by atoms with Gasteiger partial charge in [0.15, 0.2) is 0 Å². The van der Waals surface area contributed by atoms with E-state index in [2.05, 4.69) is 15.4 Å². The van der Waals surface area contributed by atoms with Crippen molar-refractivity contribution in [2.24, 2.45) is 0 Å². The molecule has 4 rings (SSSR count). The first-order valence-corrected chi connectivity index (χ1v) is 9.39. The third-order valence-corrected chi connectivity index (χ3v) is 5.07. The third kappa shape index (κ3) is 2.97. The van der Waals surface area contributed by atoms with Crippen molar-refractivity contribution in [1.29, 1.82) is 0 Å². The fourth-order valence-corrected chi connectivity index (χ4v) is 3.29. The zero-order valence-electron chi connectivity index (χ0n) is 16.2. The van der Waals surface area contributed by atoms with Crippen molar-refractivity contribution >= 4 is 27.7 Å². The summed E-state index contributed by atoms with van der Waals surface area (Å²) in [6.07, 6.45) is 2.46. The number of nitrogens with one attached hydrogen (secondary N) is 2. The number of nitrogens with zero attached hydrogens (tertiary/aromatic N) is 2. The largest absolute Gasteiger partial charge is 0.352 e. The molecule has 0 aliphatic heterocycles. The second kappa shape index (κ2) is 6.96. The van der Waals surface area contributed by atoms with Crippen LogP contribution in [0, 0.1) is 13.8 Å². The van der Waals surface area contributed by atoms with Crippen molar-refractivity contribution in [2.45, 2.75) is 27.2 Å². The van der Waals surface area contributed by atoms with E-state index in [4.69, 9.17) is 0 Å². The summed E-state index contributed by atoms with van der Waals surface area (Å²) < 4.78 is 1.53. The van der Waals surface area contributed by atoms with Crippen LogP contribution in [0.3, 0.4) is 0 Å². The molecule has 0 saturated heterocycles. The number of rotatable bonds is 4. The monoisotopic (exact) mass is 374 g/mol. The van der Waals surface area contributed by atoms with Gasteiger partial charge < -0.3 is 5.32 Å². The van der Waals surface area contributed by atoms with Gasteiger partial charge in [-0.2, -0.15) is 0 Å². The maximum absolute atomic E-state index is 12.9. The first kappa shape index (κ1) is 18.0. The number of amides is 1. The molecule has 28 heavy (non-hydrogen) atoms. The fraction of sp³-hybridized carbons (Fsp3) is 0.227. The predicted molar refractivity (Wildman–Crippen MR) is 111 cm³/mol. The Kier molecular flexibility index (Phi) is 4.47. The van der Waals surface area contributed by atoms with Gasteiger partial charge in [0.2, 0.25) is 0 Å². The van der Waals surface area contributed by atoms with Gasteiger partial charge in [0.25, 0.3) is 11.5 Å². The topological polar surface area (TPSA) is 79.8 Å². The molecule has 1 amide bonds. The molecule has 142 valence electrons. The van der Waals surface area contributed by atoms with E-state index in [0.717, 1.165) is 28.6 Å². The van der Waals surface area contributed by atoms with E-state index in [1.54, 1.807) is 24.4 Å². The molecule has 0 radical (unpaired) electrons. The summed E-state index contributed by atoms with van der Waals surface area (Å²) in [5.41, 5.74) is 4.85. The van der Waals surface area contributed by atoms with Crippen molar-refractivity contribution in [3.8, 4) is 5.69 Å². The van der Waals surface area contributed by atoms with E-state index in [9.17, 15) is 9.59 Å². The SMILES string of the molecule is CCCNC(=O)c1ccc2ncc3c(=O)n(-c4ccc(C)c(C)c4)[nH]c3c2c1. The number of pyridine rings is 1. The lowest BCUT2D eigenvalue weighted by Crippen LogP contribution is -2.23. The van der Waals surface area contributed by atoms with Crippen molar-refractivity contribution < 1.29 is 4.79 Å². The summed E-state index contributed by atoms with van der Waals surface area (Å²) >= 11 is 0. The molecule has 0 bridgehead atoms. The molecule has 0 fully saturated rings. The van der Waals surface area contributed by atoms with E-state index in [1.165, 1.54) is 10.2 Å². The zero-order chi connectivity index (χ0) is 19.8. The molecule has 2 aromatic heterocycles. The summed E-state index contributed by atoms with van der Waals surface area (Å²) in [6, 6.07) is 11.2. The van der Waals surface area contributed by atoms with E-state index in [-0.39, 0.29) is 11.5 Å². The Morgan fingerprint density at radius 3 is 2.68 bits per heavy atom. The molecule has 4 aromatic rings. The van der Waals surface area contributed by atoms with Crippen LogP contribution in [0.25, 0.3) is 27.5 Å². The zero-order valence-corrected chi connectivity index (χ0v) is 16.2. The van der Waals surface area contributed by atoms with Crippen LogP contribution in [0.4, 0.5) is 0 Å². The second-order valence-electron chi connectivity index (χ2n) is 7.06. The molecular weight excluding hydrogens is 352 g/mol. The molecule has 6 heteroatoms. The lowest BCUT2D eigenvalue weighted by Gasteiger charge is -2.06. The average Bonchev–Trinajstić information content (AvgIpc) is 3.05. The first-order valence-electron chi connectivity index (χ1n) is 9.39. The fourth-order valence-electron chi connectivity index (χ4n) is 3.29. The van der Waals surface area contributed by atoms with Crippen LogP contribution in [0.15, 0.2) is 47.4 Å². The number of carbonyl (C=O) groups excluding carboxylic acids is 1. The summed E-state index contributed by atoms with van der Waals surface area (Å²) in [4.78, 5) is 29.7. The minimum atomic E-state index is -0.159. The van der Waals surface area contributed by atoms with E-state index < -0.39 is 0 Å². The van der Waals surface area contributed by atoms with Crippen LogP contribution >= 0.6 is 0 Å². The number of carbonyl (C=O) groups is 1. The van der Waals surface area contributed by atoms with E-state index >= 15 is 0 Å². The number of H-pyrrole nitrogens is 1. The Morgan fingerprint density at radius 1 is 1.11 bits per heavy atom. The third-order valence-electron chi connectivity index (χ3n) is 5.07. The van der Waals surface area contributed by atoms with Crippen LogP contribution in [0.1, 0.15) is 34.8 Å². The normalized spacial score (nSPS) is 11.2. The summed E-state index contributed by atoms with van der Waals surface area (Å²) in [5, 5.41) is 7.34. The molecule has 2 aromatic carbocycles. The number of hydrogen-bond donors (Lipinski definition) is 2. The Hall–Kier alpha value is -3.41. The molecule has 0 spiro atoms. The standard InChI is InChI=1S/C22H22N4O2/c1-4-9-23-21(27)15-6-8-19-17(11-15)20-18(12-24-19)22(28)26(25-20)16-7-5-13(2)14(3)10-16/h5-8,10-12,25H,4,9H2,1-3H3,(H,23,27). The van der Waals surface area contributed by atoms with E-state index in [1.807, 2.05) is 39.0 Å². The lowest BCUT2D eigenvalue weighted by molar-refractivity contribution is 0.0954. The number of hydrogen-bond acceptors (Lipinski definition) is 3. The molecule has 0 atom stereocenters. The Morgan fingerprint density at radius 2 is 1.93 bits per heavy atom. The predicted octanol–water partition coefficient (Wildman–Crippen LogP) is 3.62. The smallest absolute Gasteiger partial charge is 0.280 e. The average molecular weight is 374 g/mol. The van der Waals surface area contributed by atoms with Crippen molar-refractivity contribution in [2.75, 3.05) is 6.54 Å². The minimum absolute atomic E-state index is 0.128. The van der Waals surface area contributed by atoms with E-state index in [0.29, 0.717) is 23.0 Å².